The molecule has 1 heterocycles. The first-order valence-corrected chi connectivity index (χ1v) is 10.4. The summed E-state index contributed by atoms with van der Waals surface area (Å²) in [6.45, 7) is -0.347. The maximum Gasteiger partial charge on any atom is 0.186 e. The van der Waals surface area contributed by atoms with Gasteiger partial charge in [-0.2, -0.15) is 0 Å². The predicted molar refractivity (Wildman–Crippen MR) is 111 cm³/mol. The second kappa shape index (κ2) is 9.12. The number of aliphatic hydroxyl groups is 4. The zero-order chi connectivity index (χ0) is 22.1. The minimum atomic E-state index is -1.49. The molecule has 2 aliphatic rings. The number of hydrogen-bond donors (Lipinski definition) is 5. The molecule has 1 aliphatic carbocycles. The normalized spacial score (nSPS) is 30.2. The van der Waals surface area contributed by atoms with E-state index in [-0.39, 0.29) is 18.3 Å². The summed E-state index contributed by atoms with van der Waals surface area (Å²) in [5.74, 6) is 0.298. The minimum Gasteiger partial charge on any atom is -0.504 e. The number of hydrogen-bond acceptors (Lipinski definition) is 8. The molecular weight excluding hydrogens is 404 g/mol. The molecule has 1 fully saturated rings. The van der Waals surface area contributed by atoms with Gasteiger partial charge in [0.25, 0.3) is 0 Å². The Morgan fingerprint density at radius 1 is 1.03 bits per heavy atom. The Bertz CT molecular complexity index is 914. The van der Waals surface area contributed by atoms with Crippen molar-refractivity contribution >= 4 is 0 Å². The molecule has 6 atom stereocenters. The first-order valence-electron chi connectivity index (χ1n) is 10.4. The average molecular weight is 432 g/mol. The Kier molecular flexibility index (Phi) is 6.47. The molecule has 0 radical (unpaired) electrons. The number of ether oxygens (including phenoxy) is 3. The zero-order valence-corrected chi connectivity index (χ0v) is 17.2. The lowest BCUT2D eigenvalue weighted by Gasteiger charge is -2.40. The van der Waals surface area contributed by atoms with Crippen LogP contribution in [0.5, 0.6) is 11.5 Å². The molecule has 0 saturated carbocycles. The summed E-state index contributed by atoms with van der Waals surface area (Å²) in [4.78, 5) is 0. The van der Waals surface area contributed by atoms with Gasteiger partial charge in [-0.25, -0.2) is 0 Å². The van der Waals surface area contributed by atoms with Gasteiger partial charge in [0.05, 0.1) is 20.3 Å². The van der Waals surface area contributed by atoms with Crippen LogP contribution in [-0.4, -0.2) is 76.6 Å². The van der Waals surface area contributed by atoms with E-state index in [4.69, 9.17) is 14.2 Å². The Morgan fingerprint density at radius 2 is 1.81 bits per heavy atom. The number of phenols is 1. The van der Waals surface area contributed by atoms with Crippen LogP contribution in [0.25, 0.3) is 11.1 Å². The zero-order valence-electron chi connectivity index (χ0n) is 17.2. The fourth-order valence-corrected chi connectivity index (χ4v) is 4.39. The number of rotatable bonds is 5. The lowest BCUT2D eigenvalue weighted by atomic mass is 9.91. The van der Waals surface area contributed by atoms with Gasteiger partial charge in [0, 0.05) is 5.92 Å². The van der Waals surface area contributed by atoms with Crippen LogP contribution in [0.3, 0.4) is 0 Å². The van der Waals surface area contributed by atoms with Gasteiger partial charge in [0.1, 0.15) is 24.4 Å². The number of methoxy groups -OCH3 is 1. The first kappa shape index (κ1) is 22.0. The SMILES string of the molecule is COc1cc2c(cc1O)-c1ccccc1CC[C@@H]2CO[C@@H]1O[C@H](CO)[C@@H](O)[C@H](O)[C@H]1O. The maximum absolute atomic E-state index is 10.4. The van der Waals surface area contributed by atoms with Crippen LogP contribution in [0.1, 0.15) is 23.5 Å². The third kappa shape index (κ3) is 4.15. The van der Waals surface area contributed by atoms with Crippen molar-refractivity contribution in [3.63, 3.8) is 0 Å². The van der Waals surface area contributed by atoms with Crippen LogP contribution in [0.4, 0.5) is 0 Å². The van der Waals surface area contributed by atoms with Crippen LogP contribution in [0, 0.1) is 0 Å². The van der Waals surface area contributed by atoms with Crippen molar-refractivity contribution < 1.29 is 39.7 Å². The van der Waals surface area contributed by atoms with Crippen LogP contribution in [-0.2, 0) is 15.9 Å². The summed E-state index contributed by atoms with van der Waals surface area (Å²) >= 11 is 0. The van der Waals surface area contributed by atoms with Gasteiger partial charge < -0.3 is 39.7 Å². The molecule has 8 nitrogen and oxygen atoms in total. The number of benzene rings is 2. The third-order valence-electron chi connectivity index (χ3n) is 6.17. The molecule has 31 heavy (non-hydrogen) atoms. The third-order valence-corrected chi connectivity index (χ3v) is 6.17. The van der Waals surface area contributed by atoms with Crippen molar-refractivity contribution in [2.75, 3.05) is 20.3 Å². The summed E-state index contributed by atoms with van der Waals surface area (Å²) in [5, 5.41) is 50.0. The molecule has 2 aromatic rings. The Morgan fingerprint density at radius 3 is 2.55 bits per heavy atom. The van der Waals surface area contributed by atoms with Crippen molar-refractivity contribution in [1.29, 1.82) is 0 Å². The molecule has 4 rings (SSSR count). The van der Waals surface area contributed by atoms with Gasteiger partial charge in [-0.15, -0.1) is 0 Å². The summed E-state index contributed by atoms with van der Waals surface area (Å²) in [6.07, 6.45) is -5.05. The van der Waals surface area contributed by atoms with Crippen molar-refractivity contribution in [1.82, 2.24) is 0 Å². The van der Waals surface area contributed by atoms with Gasteiger partial charge in [-0.1, -0.05) is 24.3 Å². The molecule has 0 amide bonds. The Labute approximate surface area is 180 Å². The van der Waals surface area contributed by atoms with Gasteiger partial charge in [0.15, 0.2) is 17.8 Å². The van der Waals surface area contributed by atoms with Gasteiger partial charge in [0.2, 0.25) is 0 Å². The highest BCUT2D eigenvalue weighted by Gasteiger charge is 2.44. The second-order valence-electron chi connectivity index (χ2n) is 8.03. The monoisotopic (exact) mass is 432 g/mol. The number of aryl methyl sites for hydroxylation is 1. The minimum absolute atomic E-state index is 0.0477. The Hall–Kier alpha value is -2.20. The molecule has 1 saturated heterocycles. The van der Waals surface area contributed by atoms with E-state index < -0.39 is 37.3 Å². The lowest BCUT2D eigenvalue weighted by molar-refractivity contribution is -0.302. The van der Waals surface area contributed by atoms with E-state index in [1.807, 2.05) is 18.2 Å². The molecular formula is C23H28O8. The molecule has 8 heteroatoms. The van der Waals surface area contributed by atoms with Crippen LogP contribution in [0.2, 0.25) is 0 Å². The smallest absolute Gasteiger partial charge is 0.186 e. The van der Waals surface area contributed by atoms with Gasteiger partial charge in [-0.3, -0.25) is 0 Å². The molecule has 0 aromatic heterocycles. The van der Waals surface area contributed by atoms with E-state index >= 15 is 0 Å². The first-order chi connectivity index (χ1) is 14.9. The summed E-state index contributed by atoms with van der Waals surface area (Å²) in [6, 6.07) is 11.5. The highest BCUT2D eigenvalue weighted by Crippen LogP contribution is 2.43. The van der Waals surface area contributed by atoms with E-state index in [9.17, 15) is 25.5 Å². The quantitative estimate of drug-likeness (QED) is 0.472. The molecule has 2 aromatic carbocycles. The van der Waals surface area contributed by atoms with E-state index in [1.165, 1.54) is 7.11 Å². The number of aromatic hydroxyl groups is 1. The summed E-state index contributed by atoms with van der Waals surface area (Å²) in [7, 11) is 1.49. The fraction of sp³-hybridized carbons (Fsp3) is 0.478. The van der Waals surface area contributed by atoms with Crippen molar-refractivity contribution in [2.24, 2.45) is 0 Å². The standard InChI is InChI=1S/C23H28O8/c1-29-18-9-15-13(11-30-23-22(28)21(27)20(26)19(10-24)31-23)7-6-12-4-2-3-5-14(12)16(15)8-17(18)25/h2-5,8-9,13,19-28H,6-7,10-11H2,1H3/t13-,19-,20-,21+,22-,23-/m1/s1. The van der Waals surface area contributed by atoms with Gasteiger partial charge in [-0.05, 0) is 47.2 Å². The van der Waals surface area contributed by atoms with E-state index in [0.717, 1.165) is 35.1 Å². The number of phenolic OH excluding ortho intramolecular Hbond substituents is 1. The van der Waals surface area contributed by atoms with Crippen molar-refractivity contribution in [3.8, 4) is 22.6 Å². The maximum atomic E-state index is 10.4. The van der Waals surface area contributed by atoms with Gasteiger partial charge >= 0.3 is 0 Å². The Balaban J connectivity index is 1.61. The number of fused-ring (bicyclic) bond motifs is 3. The molecule has 0 spiro atoms. The van der Waals surface area contributed by atoms with E-state index in [1.54, 1.807) is 12.1 Å². The largest absolute Gasteiger partial charge is 0.504 e. The summed E-state index contributed by atoms with van der Waals surface area (Å²) < 4.78 is 16.6. The molecule has 0 bridgehead atoms. The second-order valence-corrected chi connectivity index (χ2v) is 8.03. The highest BCUT2D eigenvalue weighted by molar-refractivity contribution is 5.75. The van der Waals surface area contributed by atoms with E-state index in [2.05, 4.69) is 6.07 Å². The molecule has 5 N–H and O–H groups in total. The van der Waals surface area contributed by atoms with Crippen molar-refractivity contribution in [3.05, 3.63) is 47.5 Å². The lowest BCUT2D eigenvalue weighted by Crippen LogP contribution is -2.59. The number of aliphatic hydroxyl groups excluding tert-OH is 4. The molecule has 1 aliphatic heterocycles. The van der Waals surface area contributed by atoms with Crippen LogP contribution >= 0.6 is 0 Å². The van der Waals surface area contributed by atoms with Crippen LogP contribution < -0.4 is 4.74 Å². The summed E-state index contributed by atoms with van der Waals surface area (Å²) in [5.41, 5.74) is 4.01. The average Bonchev–Trinajstić information content (AvgIpc) is 2.93. The molecule has 168 valence electrons. The van der Waals surface area contributed by atoms with Crippen molar-refractivity contribution in [2.45, 2.75) is 49.5 Å². The topological polar surface area (TPSA) is 129 Å². The van der Waals surface area contributed by atoms with E-state index in [0.29, 0.717) is 5.75 Å². The predicted octanol–water partition coefficient (Wildman–Crippen LogP) is 0.914. The molecule has 0 unspecified atom stereocenters. The fourth-order valence-electron chi connectivity index (χ4n) is 4.39. The van der Waals surface area contributed by atoms with Crippen LogP contribution in [0.15, 0.2) is 36.4 Å². The highest BCUT2D eigenvalue weighted by atomic mass is 16.7.